The third-order valence-electron chi connectivity index (χ3n) is 6.10. The summed E-state index contributed by atoms with van der Waals surface area (Å²) in [4.78, 5) is 21.8. The summed E-state index contributed by atoms with van der Waals surface area (Å²) < 4.78 is 0. The molecule has 1 rings (SSSR count). The first-order valence-electron chi connectivity index (χ1n) is 11.5. The average Bonchev–Trinajstić information content (AvgIpc) is 2.65. The van der Waals surface area contributed by atoms with Crippen LogP contribution in [0.5, 0.6) is 0 Å². The second-order valence-corrected chi connectivity index (χ2v) is 8.57. The number of ketones is 1. The molecule has 0 spiro atoms. The number of aliphatic carboxylic acids is 1. The van der Waals surface area contributed by atoms with Crippen molar-refractivity contribution >= 4 is 11.8 Å². The first kappa shape index (κ1) is 24.1. The molecule has 27 heavy (non-hydrogen) atoms. The highest BCUT2D eigenvalue weighted by Gasteiger charge is 2.23. The van der Waals surface area contributed by atoms with E-state index in [1.807, 2.05) is 0 Å². The van der Waals surface area contributed by atoms with Gasteiger partial charge < -0.3 is 10.4 Å². The van der Waals surface area contributed by atoms with Crippen LogP contribution >= 0.6 is 0 Å². The van der Waals surface area contributed by atoms with Gasteiger partial charge in [-0.05, 0) is 64.5 Å². The fraction of sp³-hybridized carbons (Fsp3) is 0.913. The Hall–Kier alpha value is -0.900. The van der Waals surface area contributed by atoms with Crippen molar-refractivity contribution in [3.63, 3.8) is 0 Å². The van der Waals surface area contributed by atoms with Crippen LogP contribution in [0.25, 0.3) is 0 Å². The minimum atomic E-state index is -0.665. The van der Waals surface area contributed by atoms with Gasteiger partial charge in [0.25, 0.3) is 0 Å². The Bertz CT molecular complexity index is 389. The number of nitrogens with one attached hydrogen (secondary N) is 1. The highest BCUT2D eigenvalue weighted by molar-refractivity contribution is 5.78. The largest absolute Gasteiger partial charge is 0.481 e. The van der Waals surface area contributed by atoms with Gasteiger partial charge in [0.05, 0.1) is 0 Å². The third kappa shape index (κ3) is 13.8. The van der Waals surface area contributed by atoms with Crippen molar-refractivity contribution in [1.29, 1.82) is 0 Å². The van der Waals surface area contributed by atoms with Gasteiger partial charge in [-0.3, -0.25) is 9.59 Å². The molecule has 0 aromatic heterocycles. The Morgan fingerprint density at radius 2 is 1.26 bits per heavy atom. The summed E-state index contributed by atoms with van der Waals surface area (Å²) >= 11 is 0. The lowest BCUT2D eigenvalue weighted by Gasteiger charge is -2.27. The van der Waals surface area contributed by atoms with Crippen molar-refractivity contribution in [3.05, 3.63) is 0 Å². The van der Waals surface area contributed by atoms with Crippen LogP contribution in [0.1, 0.15) is 110 Å². The fourth-order valence-corrected chi connectivity index (χ4v) is 4.20. The predicted octanol–water partition coefficient (Wildman–Crippen LogP) is 5.74. The van der Waals surface area contributed by atoms with Crippen LogP contribution in [0.15, 0.2) is 0 Å². The maximum Gasteiger partial charge on any atom is 0.303 e. The lowest BCUT2D eigenvalue weighted by Crippen LogP contribution is -2.28. The summed E-state index contributed by atoms with van der Waals surface area (Å²) in [5, 5.41) is 12.2. The van der Waals surface area contributed by atoms with Crippen LogP contribution in [0, 0.1) is 11.8 Å². The van der Waals surface area contributed by atoms with E-state index in [-0.39, 0.29) is 0 Å². The van der Waals surface area contributed by atoms with Crippen molar-refractivity contribution in [2.24, 2.45) is 11.8 Å². The monoisotopic (exact) mass is 381 g/mol. The normalized spacial score (nSPS) is 19.9. The first-order chi connectivity index (χ1) is 13.1. The van der Waals surface area contributed by atoms with Gasteiger partial charge in [-0.15, -0.1) is 0 Å². The van der Waals surface area contributed by atoms with Crippen LogP contribution in [0.4, 0.5) is 0 Å². The lowest BCUT2D eigenvalue weighted by molar-refractivity contribution is -0.137. The smallest absolute Gasteiger partial charge is 0.303 e. The number of hydrogen-bond acceptors (Lipinski definition) is 3. The average molecular weight is 382 g/mol. The van der Waals surface area contributed by atoms with E-state index in [0.717, 1.165) is 44.7 Å². The maximum absolute atomic E-state index is 11.4. The highest BCUT2D eigenvalue weighted by Crippen LogP contribution is 2.28. The molecule has 0 bridgehead atoms. The van der Waals surface area contributed by atoms with Gasteiger partial charge in [-0.1, -0.05) is 57.8 Å². The Labute approximate surface area is 166 Å². The summed E-state index contributed by atoms with van der Waals surface area (Å²) in [6.07, 6.45) is 18.6. The molecular weight excluding hydrogens is 338 g/mol. The predicted molar refractivity (Wildman–Crippen MR) is 112 cm³/mol. The van der Waals surface area contributed by atoms with Gasteiger partial charge in [-0.2, -0.15) is 0 Å². The molecule has 0 aliphatic heterocycles. The van der Waals surface area contributed by atoms with E-state index in [0.29, 0.717) is 18.1 Å². The minimum absolute atomic E-state index is 0.329. The third-order valence-corrected chi connectivity index (χ3v) is 6.10. The molecular formula is C23H43NO3. The molecule has 1 fully saturated rings. The van der Waals surface area contributed by atoms with E-state index < -0.39 is 5.97 Å². The molecule has 0 aromatic carbocycles. The van der Waals surface area contributed by atoms with Gasteiger partial charge in [-0.25, -0.2) is 0 Å². The van der Waals surface area contributed by atoms with Crippen LogP contribution < -0.4 is 5.32 Å². The lowest BCUT2D eigenvalue weighted by atomic mass is 9.80. The number of carboxylic acids is 1. The van der Waals surface area contributed by atoms with Gasteiger partial charge >= 0.3 is 5.97 Å². The maximum atomic E-state index is 11.4. The summed E-state index contributed by atoms with van der Waals surface area (Å²) in [6, 6.07) is 0. The number of rotatable bonds is 17. The Morgan fingerprint density at radius 3 is 1.74 bits per heavy atom. The van der Waals surface area contributed by atoms with Crippen molar-refractivity contribution < 1.29 is 14.7 Å². The van der Waals surface area contributed by atoms with Crippen molar-refractivity contribution in [2.75, 3.05) is 13.1 Å². The zero-order chi connectivity index (χ0) is 19.7. The van der Waals surface area contributed by atoms with Gasteiger partial charge in [0.15, 0.2) is 0 Å². The quantitative estimate of drug-likeness (QED) is 0.315. The Morgan fingerprint density at radius 1 is 0.778 bits per heavy atom. The molecule has 0 saturated heterocycles. The topological polar surface area (TPSA) is 66.4 Å². The van der Waals surface area contributed by atoms with E-state index in [1.54, 1.807) is 6.92 Å². The SMILES string of the molecule is CC(=O)C1CCC(CNCCCCCCCCCCCCCC(=O)O)CC1. The van der Waals surface area contributed by atoms with Crippen LogP contribution in [-0.4, -0.2) is 29.9 Å². The van der Waals surface area contributed by atoms with E-state index in [2.05, 4.69) is 5.32 Å². The number of carboxylic acid groups (broad SMARTS) is 1. The summed E-state index contributed by atoms with van der Waals surface area (Å²) in [7, 11) is 0. The molecule has 0 amide bonds. The van der Waals surface area contributed by atoms with E-state index >= 15 is 0 Å². The molecule has 0 aromatic rings. The second-order valence-electron chi connectivity index (χ2n) is 8.57. The van der Waals surface area contributed by atoms with E-state index in [4.69, 9.17) is 5.11 Å². The molecule has 4 heteroatoms. The summed E-state index contributed by atoms with van der Waals surface area (Å²) in [5.74, 6) is 0.849. The molecule has 1 saturated carbocycles. The number of carbonyl (C=O) groups is 2. The van der Waals surface area contributed by atoms with E-state index in [9.17, 15) is 9.59 Å². The molecule has 0 unspecified atom stereocenters. The number of hydrogen-bond donors (Lipinski definition) is 2. The highest BCUT2D eigenvalue weighted by atomic mass is 16.4. The second kappa shape index (κ2) is 16.1. The molecule has 2 N–H and O–H groups in total. The zero-order valence-corrected chi connectivity index (χ0v) is 17.6. The fourth-order valence-electron chi connectivity index (χ4n) is 4.20. The molecule has 1 aliphatic rings. The first-order valence-corrected chi connectivity index (χ1v) is 11.5. The molecule has 4 nitrogen and oxygen atoms in total. The van der Waals surface area contributed by atoms with Gasteiger partial charge in [0.1, 0.15) is 5.78 Å². The zero-order valence-electron chi connectivity index (χ0n) is 17.6. The molecule has 0 atom stereocenters. The molecule has 1 aliphatic carbocycles. The number of unbranched alkanes of at least 4 members (excludes halogenated alkanes) is 10. The minimum Gasteiger partial charge on any atom is -0.481 e. The van der Waals surface area contributed by atoms with Crippen molar-refractivity contribution in [1.82, 2.24) is 5.32 Å². The number of carbonyl (C=O) groups excluding carboxylic acids is 1. The van der Waals surface area contributed by atoms with Crippen LogP contribution in [-0.2, 0) is 9.59 Å². The Balaban J connectivity index is 1.75. The summed E-state index contributed by atoms with van der Waals surface area (Å²) in [5.41, 5.74) is 0. The van der Waals surface area contributed by atoms with Crippen LogP contribution in [0.3, 0.4) is 0 Å². The van der Waals surface area contributed by atoms with Crippen molar-refractivity contribution in [3.8, 4) is 0 Å². The molecule has 158 valence electrons. The van der Waals surface area contributed by atoms with Gasteiger partial charge in [0, 0.05) is 12.3 Å². The van der Waals surface area contributed by atoms with Crippen molar-refractivity contribution in [2.45, 2.75) is 110 Å². The summed E-state index contributed by atoms with van der Waals surface area (Å²) in [6.45, 7) is 4.02. The Kier molecular flexibility index (Phi) is 14.4. The van der Waals surface area contributed by atoms with E-state index in [1.165, 1.54) is 70.6 Å². The molecule has 0 radical (unpaired) electrons. The van der Waals surface area contributed by atoms with Crippen LogP contribution in [0.2, 0.25) is 0 Å². The van der Waals surface area contributed by atoms with Gasteiger partial charge in [0.2, 0.25) is 0 Å². The number of Topliss-reactive ketones (excluding diaryl/α,β-unsaturated/α-hetero) is 1. The standard InChI is InChI=1S/C23H43NO3/c1-20(25)22-16-14-21(15-17-22)19-24-18-12-10-8-6-4-2-3-5-7-9-11-13-23(26)27/h21-22,24H,2-19H2,1H3,(H,26,27). The molecule has 0 heterocycles.